The second kappa shape index (κ2) is 11.4. The van der Waals surface area contributed by atoms with E-state index in [1.807, 2.05) is 30.3 Å². The zero-order valence-corrected chi connectivity index (χ0v) is 20.8. The van der Waals surface area contributed by atoms with Crippen molar-refractivity contribution in [3.8, 4) is 5.75 Å². The summed E-state index contributed by atoms with van der Waals surface area (Å²) >= 11 is 18.3. The van der Waals surface area contributed by atoms with Gasteiger partial charge in [0.2, 0.25) is 10.0 Å². The molecule has 1 aromatic heterocycles. The van der Waals surface area contributed by atoms with Crippen LogP contribution in [0.4, 0.5) is 0 Å². The number of pyridine rings is 1. The van der Waals surface area contributed by atoms with Gasteiger partial charge in [0.1, 0.15) is 5.75 Å². The largest absolute Gasteiger partial charge is 0.466 e. The topological polar surface area (TPSA) is 92.7 Å². The highest BCUT2D eigenvalue weighted by Gasteiger charge is 2.36. The monoisotopic (exact) mass is 540 g/mol. The third-order valence-corrected chi connectivity index (χ3v) is 5.64. The average molecular weight is 542 g/mol. The van der Waals surface area contributed by atoms with Crippen molar-refractivity contribution in [1.82, 2.24) is 15.7 Å². The summed E-state index contributed by atoms with van der Waals surface area (Å²) in [4.78, 5) is 28.9. The maximum Gasteiger partial charge on any atom is 0.271 e. The lowest BCUT2D eigenvalue weighted by Gasteiger charge is -2.26. The van der Waals surface area contributed by atoms with Crippen molar-refractivity contribution in [2.24, 2.45) is 5.10 Å². The Kier molecular flexibility index (Phi) is 8.05. The molecule has 182 valence electrons. The van der Waals surface area contributed by atoms with Gasteiger partial charge in [-0.05, 0) is 58.8 Å². The molecular formula is C26H19Cl3N4O3. The number of nitrogens with one attached hydrogen (secondary N) is 2. The minimum absolute atomic E-state index is 0.350. The third kappa shape index (κ3) is 6.51. The minimum atomic E-state index is -1.95. The summed E-state index contributed by atoms with van der Waals surface area (Å²) in [6.07, 6.45) is 3.24. The summed E-state index contributed by atoms with van der Waals surface area (Å²) in [6.45, 7) is 0. The zero-order chi connectivity index (χ0) is 25.5. The summed E-state index contributed by atoms with van der Waals surface area (Å²) < 4.78 is 3.84. The molecule has 1 heterocycles. The van der Waals surface area contributed by atoms with Crippen LogP contribution in [0, 0.1) is 0 Å². The lowest BCUT2D eigenvalue weighted by molar-refractivity contribution is 0.0834. The van der Waals surface area contributed by atoms with Crippen LogP contribution in [0.1, 0.15) is 26.3 Å². The molecule has 2 N–H and O–H groups in total. The number of nitrogens with zero attached hydrogens (tertiary/aromatic N) is 2. The molecule has 4 aromatic rings. The highest BCUT2D eigenvalue weighted by molar-refractivity contribution is 6.68. The number of ether oxygens (including phenoxy) is 1. The van der Waals surface area contributed by atoms with E-state index in [-0.39, 0.29) is 5.91 Å². The van der Waals surface area contributed by atoms with E-state index in [1.54, 1.807) is 48.5 Å². The molecule has 2 amide bonds. The first kappa shape index (κ1) is 25.4. The fraction of sp³-hybridized carbons (Fsp3) is 0.0769. The van der Waals surface area contributed by atoms with Gasteiger partial charge in [0.25, 0.3) is 11.8 Å². The number of hydrogen-bond acceptors (Lipinski definition) is 5. The Balaban J connectivity index is 1.42. The van der Waals surface area contributed by atoms with E-state index in [1.165, 1.54) is 18.6 Å². The second-order valence-electron chi connectivity index (χ2n) is 7.54. The fourth-order valence-corrected chi connectivity index (χ4v) is 3.60. The van der Waals surface area contributed by atoms with Crippen LogP contribution < -0.4 is 15.5 Å². The van der Waals surface area contributed by atoms with Gasteiger partial charge >= 0.3 is 0 Å². The first-order valence-electron chi connectivity index (χ1n) is 10.7. The summed E-state index contributed by atoms with van der Waals surface area (Å²) in [5.74, 6) is -0.458. The van der Waals surface area contributed by atoms with E-state index < -0.39 is 15.9 Å². The molecule has 1 atom stereocenters. The van der Waals surface area contributed by atoms with Gasteiger partial charge in [-0.25, -0.2) is 5.43 Å². The van der Waals surface area contributed by atoms with Gasteiger partial charge in [0, 0.05) is 23.5 Å². The van der Waals surface area contributed by atoms with Gasteiger partial charge in [-0.2, -0.15) is 5.10 Å². The lowest BCUT2D eigenvalue weighted by Crippen LogP contribution is -2.47. The Morgan fingerprint density at radius 3 is 2.31 bits per heavy atom. The van der Waals surface area contributed by atoms with Gasteiger partial charge < -0.3 is 10.1 Å². The number of halogens is 3. The minimum Gasteiger partial charge on any atom is -0.466 e. The van der Waals surface area contributed by atoms with E-state index in [9.17, 15) is 9.59 Å². The number of amides is 2. The van der Waals surface area contributed by atoms with Gasteiger partial charge in [-0.3, -0.25) is 14.6 Å². The van der Waals surface area contributed by atoms with Crippen molar-refractivity contribution in [3.05, 3.63) is 108 Å². The second-order valence-corrected chi connectivity index (χ2v) is 9.91. The molecule has 0 aliphatic heterocycles. The Morgan fingerprint density at radius 2 is 1.58 bits per heavy atom. The summed E-state index contributed by atoms with van der Waals surface area (Å²) in [6, 6.07) is 22.7. The highest BCUT2D eigenvalue weighted by atomic mass is 35.6. The quantitative estimate of drug-likeness (QED) is 0.140. The molecule has 0 fully saturated rings. The van der Waals surface area contributed by atoms with Gasteiger partial charge in [0.15, 0.2) is 0 Å². The third-order valence-electron chi connectivity index (χ3n) is 5.05. The predicted molar refractivity (Wildman–Crippen MR) is 142 cm³/mol. The molecule has 36 heavy (non-hydrogen) atoms. The molecule has 10 heteroatoms. The lowest BCUT2D eigenvalue weighted by atomic mass is 10.0. The number of hydrazone groups is 1. The molecule has 0 spiro atoms. The Morgan fingerprint density at radius 1 is 0.889 bits per heavy atom. The van der Waals surface area contributed by atoms with Crippen LogP contribution in [-0.2, 0) is 0 Å². The normalized spacial score (nSPS) is 12.3. The van der Waals surface area contributed by atoms with E-state index in [4.69, 9.17) is 39.5 Å². The van der Waals surface area contributed by atoms with Crippen molar-refractivity contribution < 1.29 is 14.3 Å². The number of benzene rings is 3. The van der Waals surface area contributed by atoms with Crippen LogP contribution in [-0.4, -0.2) is 33.0 Å². The number of aromatic nitrogens is 1. The molecule has 1 unspecified atom stereocenters. The number of alkyl halides is 3. The zero-order valence-electron chi connectivity index (χ0n) is 18.6. The van der Waals surface area contributed by atoms with Crippen LogP contribution in [0.5, 0.6) is 5.75 Å². The molecule has 0 aliphatic carbocycles. The average Bonchev–Trinajstić information content (AvgIpc) is 2.88. The molecule has 0 aliphatic rings. The summed E-state index contributed by atoms with van der Waals surface area (Å²) in [7, 11) is 0. The smallest absolute Gasteiger partial charge is 0.271 e. The molecule has 0 bridgehead atoms. The number of carbonyl (C=O) groups is 2. The first-order chi connectivity index (χ1) is 17.3. The molecule has 4 rings (SSSR count). The Bertz CT molecular complexity index is 1390. The van der Waals surface area contributed by atoms with Crippen LogP contribution in [0.3, 0.4) is 0 Å². The summed E-state index contributed by atoms with van der Waals surface area (Å²) in [5, 5.41) is 8.27. The van der Waals surface area contributed by atoms with Gasteiger partial charge in [-0.1, -0.05) is 71.2 Å². The molecule has 0 saturated heterocycles. The Hall–Kier alpha value is -3.65. The van der Waals surface area contributed by atoms with E-state index >= 15 is 0 Å². The van der Waals surface area contributed by atoms with E-state index in [0.29, 0.717) is 22.4 Å². The van der Waals surface area contributed by atoms with Crippen LogP contribution in [0.25, 0.3) is 10.8 Å². The van der Waals surface area contributed by atoms with Crippen molar-refractivity contribution in [2.75, 3.05) is 0 Å². The fourth-order valence-electron chi connectivity index (χ4n) is 3.30. The number of fused-ring (bicyclic) bond motifs is 1. The number of carbonyl (C=O) groups excluding carboxylic acids is 2. The SMILES string of the molecule is O=C(N/N=C/c1ccc(OC(NC(=O)c2cccc3ccccc23)C(Cl)(Cl)Cl)cc1)c1ccncc1. The van der Waals surface area contributed by atoms with Gasteiger partial charge in [-0.15, -0.1) is 0 Å². The highest BCUT2D eigenvalue weighted by Crippen LogP contribution is 2.32. The molecular weight excluding hydrogens is 523 g/mol. The first-order valence-corrected chi connectivity index (χ1v) is 11.8. The maximum absolute atomic E-state index is 13.0. The van der Waals surface area contributed by atoms with E-state index in [0.717, 1.165) is 10.8 Å². The maximum atomic E-state index is 13.0. The van der Waals surface area contributed by atoms with E-state index in [2.05, 4.69) is 20.8 Å². The molecule has 7 nitrogen and oxygen atoms in total. The standard InChI is InChI=1S/C26H19Cl3N4O3/c27-26(28,29)25(32-24(35)22-7-3-5-18-4-1-2-6-21(18)22)36-20-10-8-17(9-11-20)16-31-33-23(34)19-12-14-30-15-13-19/h1-16,25H,(H,32,35)(H,33,34)/b31-16+. The van der Waals surface area contributed by atoms with Crippen molar-refractivity contribution in [3.63, 3.8) is 0 Å². The molecule has 3 aromatic carbocycles. The van der Waals surface area contributed by atoms with Gasteiger partial charge in [0.05, 0.1) is 6.21 Å². The molecule has 0 saturated carbocycles. The van der Waals surface area contributed by atoms with Crippen LogP contribution in [0.2, 0.25) is 0 Å². The Labute approximate surface area is 222 Å². The van der Waals surface area contributed by atoms with Crippen LogP contribution in [0.15, 0.2) is 96.4 Å². The van der Waals surface area contributed by atoms with Crippen molar-refractivity contribution in [1.29, 1.82) is 0 Å². The van der Waals surface area contributed by atoms with Crippen LogP contribution >= 0.6 is 34.8 Å². The predicted octanol–water partition coefficient (Wildman–Crippen LogP) is 5.50. The van der Waals surface area contributed by atoms with Crippen molar-refractivity contribution in [2.45, 2.75) is 10.0 Å². The summed E-state index contributed by atoms with van der Waals surface area (Å²) in [5.41, 5.74) is 3.98. The molecule has 0 radical (unpaired) electrons. The number of hydrogen-bond donors (Lipinski definition) is 2. The number of rotatable bonds is 7. The van der Waals surface area contributed by atoms with Crippen molar-refractivity contribution >= 4 is 63.6 Å².